The smallest absolute Gasteiger partial charge is 0.189 e. The second kappa shape index (κ2) is 11.4. The highest BCUT2D eigenvalue weighted by Gasteiger charge is 2.18. The highest BCUT2D eigenvalue weighted by atomic mass is 127. The molecule has 0 spiro atoms. The Kier molecular flexibility index (Phi) is 9.49. The molecule has 2 atom stereocenters. The molecule has 1 aliphatic rings. The van der Waals surface area contributed by atoms with Crippen LogP contribution < -0.4 is 11.1 Å². The molecule has 158 valence electrons. The monoisotopic (exact) mass is 548 g/mol. The van der Waals surface area contributed by atoms with E-state index < -0.39 is 6.10 Å². The van der Waals surface area contributed by atoms with Gasteiger partial charge in [-0.05, 0) is 42.2 Å². The average Bonchev–Trinajstić information content (AvgIpc) is 2.66. The van der Waals surface area contributed by atoms with E-state index in [-0.39, 0.29) is 42.5 Å². The fraction of sp³-hybridized carbons (Fsp3) is 0.381. The van der Waals surface area contributed by atoms with E-state index in [0.717, 1.165) is 25.1 Å². The molecule has 1 aliphatic heterocycles. The summed E-state index contributed by atoms with van der Waals surface area (Å²) in [7, 11) is 0. The molecule has 0 saturated heterocycles. The zero-order valence-corrected chi connectivity index (χ0v) is 20.2. The Balaban J connectivity index is 0.00000300. The van der Waals surface area contributed by atoms with Crippen molar-refractivity contribution in [1.82, 2.24) is 10.2 Å². The Morgan fingerprint density at radius 1 is 1.24 bits per heavy atom. The minimum Gasteiger partial charge on any atom is -0.390 e. The average molecular weight is 549 g/mol. The van der Waals surface area contributed by atoms with Crippen LogP contribution >= 0.6 is 47.2 Å². The second-order valence-electron chi connectivity index (χ2n) is 7.17. The molecule has 2 unspecified atom stereocenters. The molecule has 0 bridgehead atoms. The molecule has 0 aliphatic carbocycles. The molecular formula is C21H27Cl2IN4O. The minimum atomic E-state index is -0.569. The summed E-state index contributed by atoms with van der Waals surface area (Å²) >= 11 is 12.2. The lowest BCUT2D eigenvalue weighted by Crippen LogP contribution is -2.39. The second-order valence-corrected chi connectivity index (χ2v) is 8.01. The van der Waals surface area contributed by atoms with E-state index in [4.69, 9.17) is 28.9 Å². The fourth-order valence-corrected chi connectivity index (χ4v) is 4.04. The Bertz CT molecular complexity index is 849. The molecule has 4 N–H and O–H groups in total. The van der Waals surface area contributed by atoms with Gasteiger partial charge in [-0.1, -0.05) is 53.5 Å². The summed E-state index contributed by atoms with van der Waals surface area (Å²) in [6, 6.07) is 13.7. The summed E-state index contributed by atoms with van der Waals surface area (Å²) in [5, 5.41) is 14.6. The summed E-state index contributed by atoms with van der Waals surface area (Å²) in [6.45, 7) is 4.56. The first-order chi connectivity index (χ1) is 13.4. The number of benzene rings is 2. The van der Waals surface area contributed by atoms with Crippen molar-refractivity contribution < 1.29 is 5.11 Å². The third-order valence-corrected chi connectivity index (χ3v) is 5.51. The number of aliphatic hydroxyl groups is 1. The number of nitrogens with two attached hydrogens (primary N) is 1. The van der Waals surface area contributed by atoms with Crippen LogP contribution in [0.25, 0.3) is 0 Å². The fourth-order valence-electron chi connectivity index (χ4n) is 3.47. The lowest BCUT2D eigenvalue weighted by atomic mass is 10.00. The molecule has 5 nitrogen and oxygen atoms in total. The summed E-state index contributed by atoms with van der Waals surface area (Å²) in [4.78, 5) is 6.54. The quantitative estimate of drug-likeness (QED) is 0.290. The number of aliphatic hydroxyl groups excluding tert-OH is 1. The number of fused-ring (bicyclic) bond motifs is 1. The van der Waals surface area contributed by atoms with Gasteiger partial charge in [0.2, 0.25) is 0 Å². The summed E-state index contributed by atoms with van der Waals surface area (Å²) < 4.78 is 0. The Hall–Kier alpha value is -1.06. The number of nitrogens with zero attached hydrogens (tertiary/aromatic N) is 2. The van der Waals surface area contributed by atoms with Crippen molar-refractivity contribution in [3.63, 3.8) is 0 Å². The predicted molar refractivity (Wildman–Crippen MR) is 131 cm³/mol. The molecule has 0 radical (unpaired) electrons. The normalized spacial score (nSPS) is 16.5. The molecule has 8 heteroatoms. The van der Waals surface area contributed by atoms with Crippen LogP contribution in [0, 0.1) is 0 Å². The molecule has 1 heterocycles. The number of aliphatic imine (C=N–C) groups is 1. The summed E-state index contributed by atoms with van der Waals surface area (Å²) in [6.07, 6.45) is 0.440. The third kappa shape index (κ3) is 7.00. The van der Waals surface area contributed by atoms with Crippen molar-refractivity contribution in [2.45, 2.75) is 32.0 Å². The molecular weight excluding hydrogens is 522 g/mol. The van der Waals surface area contributed by atoms with Gasteiger partial charge in [0.1, 0.15) is 0 Å². The van der Waals surface area contributed by atoms with Crippen LogP contribution in [0.5, 0.6) is 0 Å². The molecule has 2 aromatic carbocycles. The molecule has 29 heavy (non-hydrogen) atoms. The molecule has 0 amide bonds. The number of halogens is 3. The third-order valence-electron chi connectivity index (χ3n) is 4.94. The Labute approximate surface area is 199 Å². The molecule has 0 fully saturated rings. The van der Waals surface area contributed by atoms with E-state index in [0.29, 0.717) is 16.6 Å². The maximum absolute atomic E-state index is 10.4. The van der Waals surface area contributed by atoms with Crippen LogP contribution in [0.2, 0.25) is 10.0 Å². The first-order valence-corrected chi connectivity index (χ1v) is 10.2. The zero-order chi connectivity index (χ0) is 20.1. The molecule has 2 aromatic rings. The van der Waals surface area contributed by atoms with Crippen molar-refractivity contribution in [2.24, 2.45) is 10.7 Å². The van der Waals surface area contributed by atoms with Crippen LogP contribution in [0.3, 0.4) is 0 Å². The SMILES string of the molecule is CC(NC(N)=NCC(O)CN1CCc2ccccc2C1)c1ccc(Cl)cc1Cl.I. The number of rotatable bonds is 6. The van der Waals surface area contributed by atoms with Crippen molar-refractivity contribution in [3.8, 4) is 0 Å². The van der Waals surface area contributed by atoms with Crippen LogP contribution in [0.4, 0.5) is 0 Å². The first kappa shape index (κ1) is 24.2. The van der Waals surface area contributed by atoms with E-state index in [9.17, 15) is 5.11 Å². The van der Waals surface area contributed by atoms with Crippen molar-refractivity contribution in [3.05, 3.63) is 69.2 Å². The number of β-amino-alcohol motifs (C(OH)–C–C–N with tert-alkyl or cyclic N) is 1. The van der Waals surface area contributed by atoms with Crippen molar-refractivity contribution in [1.29, 1.82) is 0 Å². The molecule has 0 aromatic heterocycles. The van der Waals surface area contributed by atoms with Crippen molar-refractivity contribution >= 4 is 53.1 Å². The van der Waals surface area contributed by atoms with Gasteiger partial charge in [0, 0.05) is 29.7 Å². The van der Waals surface area contributed by atoms with Gasteiger partial charge in [-0.2, -0.15) is 0 Å². The Morgan fingerprint density at radius 3 is 2.69 bits per heavy atom. The molecule has 0 saturated carbocycles. The van der Waals surface area contributed by atoms with Gasteiger partial charge in [0.15, 0.2) is 5.96 Å². The highest BCUT2D eigenvalue weighted by molar-refractivity contribution is 14.0. The minimum absolute atomic E-state index is 0. The Morgan fingerprint density at radius 2 is 1.97 bits per heavy atom. The topological polar surface area (TPSA) is 73.9 Å². The zero-order valence-electron chi connectivity index (χ0n) is 16.3. The lowest BCUT2D eigenvalue weighted by molar-refractivity contribution is 0.111. The summed E-state index contributed by atoms with van der Waals surface area (Å²) in [5.41, 5.74) is 9.60. The van der Waals surface area contributed by atoms with Crippen LogP contribution in [-0.2, 0) is 13.0 Å². The maximum Gasteiger partial charge on any atom is 0.189 e. The van der Waals surface area contributed by atoms with Crippen molar-refractivity contribution in [2.75, 3.05) is 19.6 Å². The number of hydrogen-bond donors (Lipinski definition) is 3. The van der Waals surface area contributed by atoms with E-state index in [1.807, 2.05) is 13.0 Å². The van der Waals surface area contributed by atoms with Crippen LogP contribution in [0.15, 0.2) is 47.5 Å². The van der Waals surface area contributed by atoms with Gasteiger partial charge in [0.05, 0.1) is 18.7 Å². The standard InChI is InChI=1S/C21H26Cl2N4O.HI/c1-14(19-7-6-17(22)10-20(19)23)26-21(24)25-11-18(28)13-27-9-8-15-4-2-3-5-16(15)12-27;/h2-7,10,14,18,28H,8-9,11-13H2,1H3,(H3,24,25,26);1H. The lowest BCUT2D eigenvalue weighted by Gasteiger charge is -2.30. The van der Waals surface area contributed by atoms with E-state index in [1.165, 1.54) is 11.1 Å². The number of nitrogens with one attached hydrogen (secondary N) is 1. The van der Waals surface area contributed by atoms with Gasteiger partial charge in [-0.15, -0.1) is 24.0 Å². The van der Waals surface area contributed by atoms with Gasteiger partial charge >= 0.3 is 0 Å². The van der Waals surface area contributed by atoms with Gasteiger partial charge in [-0.3, -0.25) is 9.89 Å². The largest absolute Gasteiger partial charge is 0.390 e. The van der Waals surface area contributed by atoms with Gasteiger partial charge in [-0.25, -0.2) is 0 Å². The maximum atomic E-state index is 10.4. The predicted octanol–water partition coefficient (Wildman–Crippen LogP) is 4.00. The van der Waals surface area contributed by atoms with Gasteiger partial charge in [0.25, 0.3) is 0 Å². The van der Waals surface area contributed by atoms with Gasteiger partial charge < -0.3 is 16.2 Å². The van der Waals surface area contributed by atoms with E-state index >= 15 is 0 Å². The van der Waals surface area contributed by atoms with E-state index in [2.05, 4.69) is 39.5 Å². The number of guanidine groups is 1. The first-order valence-electron chi connectivity index (χ1n) is 9.41. The number of hydrogen-bond acceptors (Lipinski definition) is 3. The summed E-state index contributed by atoms with van der Waals surface area (Å²) in [5.74, 6) is 0.279. The van der Waals surface area contributed by atoms with Crippen LogP contribution in [-0.4, -0.2) is 41.7 Å². The highest BCUT2D eigenvalue weighted by Crippen LogP contribution is 2.26. The molecule has 3 rings (SSSR count). The van der Waals surface area contributed by atoms with Crippen LogP contribution in [0.1, 0.15) is 29.7 Å². The van der Waals surface area contributed by atoms with E-state index in [1.54, 1.807) is 12.1 Å².